The summed E-state index contributed by atoms with van der Waals surface area (Å²) in [5, 5.41) is -1.93. The molecule has 1 fully saturated rings. The summed E-state index contributed by atoms with van der Waals surface area (Å²) in [6.07, 6.45) is 2.90. The zero-order valence-electron chi connectivity index (χ0n) is 12.4. The van der Waals surface area contributed by atoms with Gasteiger partial charge >= 0.3 is 15.2 Å². The van der Waals surface area contributed by atoms with E-state index in [2.05, 4.69) is 12.6 Å². The van der Waals surface area contributed by atoms with E-state index in [9.17, 15) is 28.7 Å². The van der Waals surface area contributed by atoms with Crippen LogP contribution in [0.2, 0.25) is 0 Å². The van der Waals surface area contributed by atoms with Gasteiger partial charge in [-0.1, -0.05) is 0 Å². The number of likely N-dealkylation sites (tertiary alicyclic amines) is 1. The molecule has 1 rings (SSSR count). The van der Waals surface area contributed by atoms with Crippen molar-refractivity contribution >= 4 is 27.8 Å². The van der Waals surface area contributed by atoms with Crippen LogP contribution < -0.4 is 0 Å². The Labute approximate surface area is 131 Å². The molecule has 0 bridgehead atoms. The number of hydrogen-bond donors (Lipinski definition) is 5. The average molecular weight is 362 g/mol. The van der Waals surface area contributed by atoms with Gasteiger partial charge in [-0.15, -0.1) is 0 Å². The molecule has 1 aliphatic heterocycles. The molecule has 0 aromatic rings. The summed E-state index contributed by atoms with van der Waals surface area (Å²) >= 11 is 4.11. The normalized spacial score (nSPS) is 25.0. The Kier molecular flexibility index (Phi) is 6.57. The fourth-order valence-electron chi connectivity index (χ4n) is 3.50. The fourth-order valence-corrected chi connectivity index (χ4v) is 7.06. The third-order valence-electron chi connectivity index (χ3n) is 4.41. The summed E-state index contributed by atoms with van der Waals surface area (Å²) in [6, 6.07) is -0.184. The summed E-state index contributed by atoms with van der Waals surface area (Å²) in [5.41, 5.74) is 0. The molecule has 0 amide bonds. The number of thiol groups is 1. The van der Waals surface area contributed by atoms with E-state index in [1.807, 2.05) is 14.1 Å². The van der Waals surface area contributed by atoms with E-state index in [4.69, 9.17) is 0 Å². The molecule has 7 nitrogen and oxygen atoms in total. The molecule has 1 aliphatic rings. The van der Waals surface area contributed by atoms with Crippen molar-refractivity contribution in [1.29, 1.82) is 0 Å². The largest absolute Gasteiger partial charge is 0.341 e. The van der Waals surface area contributed by atoms with Crippen LogP contribution in [0, 0.1) is 5.92 Å². The molecular formula is C11H26NO6P2S+. The average Bonchev–Trinajstić information content (AvgIpc) is 2.24. The van der Waals surface area contributed by atoms with Crippen LogP contribution in [-0.2, 0) is 9.13 Å². The van der Waals surface area contributed by atoms with Gasteiger partial charge in [0.15, 0.2) is 5.40 Å². The summed E-state index contributed by atoms with van der Waals surface area (Å²) in [6.45, 7) is 0.836. The number of nitrogens with zero attached hydrogens (tertiary/aromatic N) is 1. The first-order valence-electron chi connectivity index (χ1n) is 6.95. The van der Waals surface area contributed by atoms with Gasteiger partial charge in [-0.2, -0.15) is 12.6 Å². The highest BCUT2D eigenvalue weighted by Gasteiger charge is 2.54. The molecule has 1 heterocycles. The first kappa shape index (κ1) is 19.7. The lowest BCUT2D eigenvalue weighted by molar-refractivity contribution is -0.923. The van der Waals surface area contributed by atoms with Crippen molar-refractivity contribution in [3.05, 3.63) is 0 Å². The second kappa shape index (κ2) is 7.02. The van der Waals surface area contributed by atoms with Crippen LogP contribution in [0.25, 0.3) is 0 Å². The Bertz CT molecular complexity index is 426. The Morgan fingerprint density at radius 1 is 1.14 bits per heavy atom. The van der Waals surface area contributed by atoms with Crippen molar-refractivity contribution in [3.63, 3.8) is 0 Å². The molecule has 0 spiro atoms. The molecule has 2 unspecified atom stereocenters. The molecule has 21 heavy (non-hydrogen) atoms. The highest BCUT2D eigenvalue weighted by atomic mass is 32.1. The molecule has 0 aromatic heterocycles. The molecular weight excluding hydrogens is 336 g/mol. The highest BCUT2D eigenvalue weighted by molar-refractivity contribution is 7.80. The molecule has 0 saturated carbocycles. The van der Waals surface area contributed by atoms with E-state index in [1.165, 1.54) is 0 Å². The van der Waals surface area contributed by atoms with Crippen molar-refractivity contribution in [3.8, 4) is 0 Å². The number of rotatable bonds is 6. The lowest BCUT2D eigenvalue weighted by atomic mass is 9.88. The smallest absolute Gasteiger partial charge is 0.326 e. The summed E-state index contributed by atoms with van der Waals surface area (Å²) in [7, 11) is -5.93. The minimum Gasteiger partial charge on any atom is -0.326 e. The fraction of sp³-hybridized carbons (Fsp3) is 1.00. The summed E-state index contributed by atoms with van der Waals surface area (Å²) < 4.78 is 24.0. The van der Waals surface area contributed by atoms with Gasteiger partial charge < -0.3 is 24.1 Å². The van der Waals surface area contributed by atoms with Crippen LogP contribution in [0.4, 0.5) is 0 Å². The lowest BCUT2D eigenvalue weighted by Gasteiger charge is -2.47. The van der Waals surface area contributed by atoms with Crippen LogP contribution in [0.1, 0.15) is 25.7 Å². The second-order valence-electron chi connectivity index (χ2n) is 6.33. The molecule has 1 saturated heterocycles. The van der Waals surface area contributed by atoms with Crippen LogP contribution in [0.15, 0.2) is 0 Å². The predicted molar refractivity (Wildman–Crippen MR) is 84.5 cm³/mol. The Morgan fingerprint density at radius 2 is 1.67 bits per heavy atom. The Hall–Kier alpha value is 0.610. The van der Waals surface area contributed by atoms with Crippen molar-refractivity contribution in [2.75, 3.05) is 26.4 Å². The van der Waals surface area contributed by atoms with E-state index >= 15 is 0 Å². The monoisotopic (exact) mass is 362 g/mol. The maximum Gasteiger partial charge on any atom is 0.341 e. The first-order valence-corrected chi connectivity index (χ1v) is 10.9. The van der Waals surface area contributed by atoms with E-state index in [-0.39, 0.29) is 12.5 Å². The zero-order valence-corrected chi connectivity index (χ0v) is 15.1. The van der Waals surface area contributed by atoms with Crippen molar-refractivity contribution in [2.45, 2.75) is 37.1 Å². The van der Waals surface area contributed by atoms with Gasteiger partial charge in [0, 0.05) is 5.92 Å². The SMILES string of the molecule is C[N+]1(C)CCCCC1C(CCS)C(P(=O)(O)O)P(=O)(O)O. The van der Waals surface area contributed by atoms with Crippen LogP contribution in [-0.4, -0.2) is 61.9 Å². The number of quaternary nitrogens is 1. The van der Waals surface area contributed by atoms with Gasteiger partial charge in [-0.3, -0.25) is 9.13 Å². The minimum atomic E-state index is -4.91. The van der Waals surface area contributed by atoms with Crippen molar-refractivity contribution < 1.29 is 33.2 Å². The van der Waals surface area contributed by atoms with Gasteiger partial charge in [0.2, 0.25) is 0 Å². The standard InChI is InChI=1S/C11H25NO6P2S/c1-12(2)7-4-3-5-10(12)9(6-8-21)11(19(13,14)15)20(16,17)18/h9-11H,3-8H2,1-2H3,(H4-,13,14,15,16,17,18,21)/p+1. The zero-order chi connectivity index (χ0) is 16.5. The van der Waals surface area contributed by atoms with Gasteiger partial charge in [0.1, 0.15) is 0 Å². The van der Waals surface area contributed by atoms with Crippen LogP contribution in [0.5, 0.6) is 0 Å². The topological polar surface area (TPSA) is 115 Å². The maximum absolute atomic E-state index is 11.7. The highest BCUT2D eigenvalue weighted by Crippen LogP contribution is 2.64. The lowest BCUT2D eigenvalue weighted by Crippen LogP contribution is -2.57. The second-order valence-corrected chi connectivity index (χ2v) is 10.7. The van der Waals surface area contributed by atoms with Crippen LogP contribution in [0.3, 0.4) is 0 Å². The number of hydrogen-bond acceptors (Lipinski definition) is 3. The molecule has 2 atom stereocenters. The predicted octanol–water partition coefficient (Wildman–Crippen LogP) is 1.23. The third-order valence-corrected chi connectivity index (χ3v) is 8.62. The maximum atomic E-state index is 11.7. The van der Waals surface area contributed by atoms with Gasteiger partial charge in [-0.25, -0.2) is 0 Å². The summed E-state index contributed by atoms with van der Waals surface area (Å²) in [4.78, 5) is 38.0. The third kappa shape index (κ3) is 5.05. The van der Waals surface area contributed by atoms with E-state index in [0.29, 0.717) is 16.7 Å². The molecule has 10 heteroatoms. The molecule has 0 aromatic carbocycles. The Balaban J connectivity index is 3.25. The first-order chi connectivity index (χ1) is 9.41. The van der Waals surface area contributed by atoms with Gasteiger partial charge in [0.05, 0.1) is 26.7 Å². The Morgan fingerprint density at radius 3 is 2.05 bits per heavy atom. The van der Waals surface area contributed by atoms with E-state index in [1.54, 1.807) is 0 Å². The van der Waals surface area contributed by atoms with E-state index in [0.717, 1.165) is 19.4 Å². The van der Waals surface area contributed by atoms with Gasteiger partial charge in [0.25, 0.3) is 0 Å². The molecule has 4 N–H and O–H groups in total. The van der Waals surface area contributed by atoms with Gasteiger partial charge in [-0.05, 0) is 31.4 Å². The van der Waals surface area contributed by atoms with E-state index < -0.39 is 26.5 Å². The molecule has 0 radical (unpaired) electrons. The molecule has 0 aliphatic carbocycles. The van der Waals surface area contributed by atoms with Crippen molar-refractivity contribution in [1.82, 2.24) is 0 Å². The quantitative estimate of drug-likeness (QED) is 0.276. The number of piperidine rings is 1. The minimum absolute atomic E-state index is 0.184. The van der Waals surface area contributed by atoms with Crippen LogP contribution >= 0.6 is 27.8 Å². The summed E-state index contributed by atoms with van der Waals surface area (Å²) in [5.74, 6) is -0.419. The van der Waals surface area contributed by atoms with Crippen molar-refractivity contribution in [2.24, 2.45) is 5.92 Å². The molecule has 126 valence electrons.